The summed E-state index contributed by atoms with van der Waals surface area (Å²) in [4.78, 5) is 40.9. The summed E-state index contributed by atoms with van der Waals surface area (Å²) in [5.74, 6) is 4.76. The Kier molecular flexibility index (Phi) is 8.15. The zero-order valence-corrected chi connectivity index (χ0v) is 29.9. The van der Waals surface area contributed by atoms with Crippen LogP contribution in [-0.4, -0.2) is 65.2 Å². The number of rotatable bonds is 10. The minimum Gasteiger partial charge on any atom is -0.494 e. The van der Waals surface area contributed by atoms with Crippen molar-refractivity contribution in [2.24, 2.45) is 29.1 Å². The van der Waals surface area contributed by atoms with Crippen LogP contribution in [0.4, 0.5) is 23.0 Å². The van der Waals surface area contributed by atoms with Gasteiger partial charge in [-0.25, -0.2) is 4.98 Å². The first-order valence-electron chi connectivity index (χ1n) is 19.0. The van der Waals surface area contributed by atoms with Gasteiger partial charge >= 0.3 is 0 Å². The number of amides is 1. The number of hydrogen-bond donors (Lipinski definition) is 2. The molecule has 4 aromatic rings. The van der Waals surface area contributed by atoms with Crippen molar-refractivity contribution in [3.05, 3.63) is 70.6 Å². The SMILES string of the molecule is COc1cc(N2CCN(C(=O)CC34CC5CC(CC(C5)C3)C4)CC2)ccc1Nc1ncc2c(C)cc(=O)n(-c3cccc(NCC4CC4)c3)c2n1. The fourth-order valence-corrected chi connectivity index (χ4v) is 10.2. The predicted molar refractivity (Wildman–Crippen MR) is 201 cm³/mol. The largest absolute Gasteiger partial charge is 0.494 e. The molecule has 3 heterocycles. The average Bonchev–Trinajstić information content (AvgIpc) is 3.95. The van der Waals surface area contributed by atoms with Gasteiger partial charge in [-0.05, 0) is 123 Å². The molecule has 5 aliphatic carbocycles. The van der Waals surface area contributed by atoms with Gasteiger partial charge in [0.15, 0.2) is 5.65 Å². The second-order valence-electron chi connectivity index (χ2n) is 16.3. The van der Waals surface area contributed by atoms with Gasteiger partial charge in [0, 0.05) is 74.2 Å². The molecule has 2 N–H and O–H groups in total. The van der Waals surface area contributed by atoms with Crippen molar-refractivity contribution < 1.29 is 9.53 Å². The van der Waals surface area contributed by atoms with Gasteiger partial charge in [-0.3, -0.25) is 14.2 Å². The lowest BCUT2D eigenvalue weighted by molar-refractivity contribution is -0.139. The first-order valence-corrected chi connectivity index (χ1v) is 19.0. The Morgan fingerprint density at radius 1 is 0.941 bits per heavy atom. The highest BCUT2D eigenvalue weighted by Gasteiger charge is 2.51. The van der Waals surface area contributed by atoms with Gasteiger partial charge in [0.05, 0.1) is 18.5 Å². The number of carbonyl (C=O) groups is 1. The molecule has 2 aromatic heterocycles. The number of pyridine rings is 1. The standard InChI is InChI=1S/C41H49N7O3/c1-26-14-37(49)48(33-5-3-4-31(18-33)42-24-27-6-7-27)39-34(26)25-43-40(45-39)44-35-9-8-32(19-36(35)51-2)46-10-12-47(13-11-46)38(50)23-41-20-28-15-29(21-41)17-30(16-28)22-41/h3-5,8-9,14,18-19,25,27-30,42H,6-7,10-13,15-17,20-24H2,1-2H3,(H,43,44,45). The molecule has 4 bridgehead atoms. The first-order chi connectivity index (χ1) is 24.8. The third-order valence-electron chi connectivity index (χ3n) is 12.5. The van der Waals surface area contributed by atoms with Crippen LogP contribution in [0.2, 0.25) is 0 Å². The molecule has 51 heavy (non-hydrogen) atoms. The highest BCUT2D eigenvalue weighted by Crippen LogP contribution is 2.61. The molecule has 0 atom stereocenters. The van der Waals surface area contributed by atoms with E-state index < -0.39 is 0 Å². The Hall–Kier alpha value is -4.60. The van der Waals surface area contributed by atoms with E-state index in [-0.39, 0.29) is 11.0 Å². The molecule has 10 heteroatoms. The number of carbonyl (C=O) groups excluding carboxylic acids is 1. The number of piperazine rings is 1. The lowest BCUT2D eigenvalue weighted by atomic mass is 9.49. The van der Waals surface area contributed by atoms with E-state index in [0.717, 1.165) is 96.5 Å². The molecule has 5 saturated carbocycles. The number of nitrogens with zero attached hydrogens (tertiary/aromatic N) is 5. The molecule has 10 rings (SSSR count). The monoisotopic (exact) mass is 687 g/mol. The molecule has 0 radical (unpaired) electrons. The molecule has 6 aliphatic rings. The molecular weight excluding hydrogens is 638 g/mol. The van der Waals surface area contributed by atoms with Gasteiger partial charge in [0.25, 0.3) is 5.56 Å². The molecule has 0 unspecified atom stereocenters. The van der Waals surface area contributed by atoms with Crippen LogP contribution in [0.3, 0.4) is 0 Å². The van der Waals surface area contributed by atoms with Crippen LogP contribution in [-0.2, 0) is 4.79 Å². The summed E-state index contributed by atoms with van der Waals surface area (Å²) in [6.07, 6.45) is 13.1. The summed E-state index contributed by atoms with van der Waals surface area (Å²) < 4.78 is 7.51. The second kappa shape index (κ2) is 12.9. The number of fused-ring (bicyclic) bond motifs is 1. The van der Waals surface area contributed by atoms with Crippen molar-refractivity contribution in [1.82, 2.24) is 19.4 Å². The molecule has 6 fully saturated rings. The molecule has 2 aromatic carbocycles. The number of nitrogens with one attached hydrogen (secondary N) is 2. The number of aromatic nitrogens is 3. The third-order valence-corrected chi connectivity index (χ3v) is 12.5. The zero-order chi connectivity index (χ0) is 34.7. The lowest BCUT2D eigenvalue weighted by Gasteiger charge is -2.57. The van der Waals surface area contributed by atoms with E-state index in [1.165, 1.54) is 51.4 Å². The quantitative estimate of drug-likeness (QED) is 0.185. The van der Waals surface area contributed by atoms with Crippen molar-refractivity contribution in [3.8, 4) is 11.4 Å². The van der Waals surface area contributed by atoms with E-state index >= 15 is 0 Å². The van der Waals surface area contributed by atoms with E-state index in [9.17, 15) is 9.59 Å². The average molecular weight is 688 g/mol. The van der Waals surface area contributed by atoms with E-state index in [4.69, 9.17) is 9.72 Å². The van der Waals surface area contributed by atoms with Gasteiger partial charge in [-0.2, -0.15) is 4.98 Å². The van der Waals surface area contributed by atoms with Crippen LogP contribution in [0.1, 0.15) is 63.4 Å². The maximum Gasteiger partial charge on any atom is 0.257 e. The molecule has 1 saturated heterocycles. The summed E-state index contributed by atoms with van der Waals surface area (Å²) in [5, 5.41) is 7.68. The number of ether oxygens (including phenoxy) is 1. The Bertz CT molecular complexity index is 1990. The smallest absolute Gasteiger partial charge is 0.257 e. The molecular formula is C41H49N7O3. The summed E-state index contributed by atoms with van der Waals surface area (Å²) in [6, 6.07) is 15.7. The maximum absolute atomic E-state index is 13.6. The van der Waals surface area contributed by atoms with Gasteiger partial charge in [-0.15, -0.1) is 0 Å². The van der Waals surface area contributed by atoms with Crippen LogP contribution in [0.15, 0.2) is 59.5 Å². The highest BCUT2D eigenvalue weighted by atomic mass is 16.5. The van der Waals surface area contributed by atoms with E-state index in [1.54, 1.807) is 23.9 Å². The Labute approximate surface area is 299 Å². The number of benzene rings is 2. The van der Waals surface area contributed by atoms with Crippen LogP contribution in [0, 0.1) is 36.0 Å². The van der Waals surface area contributed by atoms with E-state index in [0.29, 0.717) is 23.3 Å². The molecule has 10 nitrogen and oxygen atoms in total. The lowest BCUT2D eigenvalue weighted by Crippen LogP contribution is -2.52. The predicted octanol–water partition coefficient (Wildman–Crippen LogP) is 6.92. The topological polar surface area (TPSA) is 105 Å². The minimum absolute atomic E-state index is 0.138. The van der Waals surface area contributed by atoms with Gasteiger partial charge in [-0.1, -0.05) is 6.07 Å². The Morgan fingerprint density at radius 2 is 1.69 bits per heavy atom. The fraction of sp³-hybridized carbons (Fsp3) is 0.512. The van der Waals surface area contributed by atoms with Crippen molar-refractivity contribution in [3.63, 3.8) is 0 Å². The summed E-state index contributed by atoms with van der Waals surface area (Å²) in [7, 11) is 1.66. The third kappa shape index (κ3) is 6.42. The van der Waals surface area contributed by atoms with E-state index in [2.05, 4.69) is 31.5 Å². The molecule has 1 aliphatic heterocycles. The number of anilines is 4. The normalized spacial score (nSPS) is 25.3. The van der Waals surface area contributed by atoms with Gasteiger partial charge < -0.3 is 25.2 Å². The summed E-state index contributed by atoms with van der Waals surface area (Å²) in [5.41, 5.74) is 5.06. The molecule has 0 spiro atoms. The van der Waals surface area contributed by atoms with Crippen LogP contribution in [0.5, 0.6) is 5.75 Å². The van der Waals surface area contributed by atoms with Crippen molar-refractivity contribution in [2.75, 3.05) is 55.4 Å². The van der Waals surface area contributed by atoms with Crippen molar-refractivity contribution in [1.29, 1.82) is 0 Å². The first kappa shape index (κ1) is 32.3. The number of hydrogen-bond acceptors (Lipinski definition) is 8. The second-order valence-corrected chi connectivity index (χ2v) is 16.3. The van der Waals surface area contributed by atoms with Gasteiger partial charge in [0.2, 0.25) is 11.9 Å². The van der Waals surface area contributed by atoms with Crippen LogP contribution in [0.25, 0.3) is 16.7 Å². The Morgan fingerprint density at radius 3 is 2.39 bits per heavy atom. The van der Waals surface area contributed by atoms with Crippen LogP contribution < -0.4 is 25.8 Å². The highest BCUT2D eigenvalue weighted by molar-refractivity contribution is 5.82. The minimum atomic E-state index is -0.138. The van der Waals surface area contributed by atoms with Gasteiger partial charge in [0.1, 0.15) is 5.75 Å². The Balaban J connectivity index is 0.894. The molecule has 266 valence electrons. The van der Waals surface area contributed by atoms with E-state index in [1.807, 2.05) is 43.3 Å². The summed E-state index contributed by atoms with van der Waals surface area (Å²) >= 11 is 0. The maximum atomic E-state index is 13.6. The van der Waals surface area contributed by atoms with Crippen molar-refractivity contribution >= 4 is 40.0 Å². The van der Waals surface area contributed by atoms with Crippen molar-refractivity contribution in [2.45, 2.75) is 64.7 Å². The van der Waals surface area contributed by atoms with Crippen LogP contribution >= 0.6 is 0 Å². The number of methoxy groups -OCH3 is 1. The fourth-order valence-electron chi connectivity index (χ4n) is 10.2. The zero-order valence-electron chi connectivity index (χ0n) is 29.9. The summed E-state index contributed by atoms with van der Waals surface area (Å²) in [6.45, 7) is 5.95. The number of aryl methyl sites for hydroxylation is 1. The molecule has 1 amide bonds.